The first kappa shape index (κ1) is 28.2. The smallest absolute Gasteiger partial charge is 0.309 e. The lowest BCUT2D eigenvalue weighted by atomic mass is 9.88. The van der Waals surface area contributed by atoms with Gasteiger partial charge in [-0.25, -0.2) is 0 Å². The Balaban J connectivity index is 1.24. The molecule has 2 aliphatic heterocycles. The quantitative estimate of drug-likeness (QED) is 0.204. The molecule has 1 saturated heterocycles. The summed E-state index contributed by atoms with van der Waals surface area (Å²) in [5.74, 6) is 2.43. The van der Waals surface area contributed by atoms with Crippen molar-refractivity contribution in [3.8, 4) is 23.0 Å². The van der Waals surface area contributed by atoms with Crippen LogP contribution in [0, 0.1) is 5.92 Å². The Kier molecular flexibility index (Phi) is 8.65. The third-order valence-corrected chi connectivity index (χ3v) is 8.22. The molecule has 7 heteroatoms. The van der Waals surface area contributed by atoms with E-state index in [4.69, 9.17) is 18.9 Å². The predicted octanol–water partition coefficient (Wildman–Crippen LogP) is 6.68. The summed E-state index contributed by atoms with van der Waals surface area (Å²) in [6.45, 7) is 5.49. The number of esters is 1. The highest BCUT2D eigenvalue weighted by molar-refractivity contribution is 5.99. The summed E-state index contributed by atoms with van der Waals surface area (Å²) >= 11 is 0. The number of allylic oxidation sites excluding steroid dienone is 1. The number of carbonyl (C=O) groups is 1. The minimum atomic E-state index is -0.291. The first-order valence-electron chi connectivity index (χ1n) is 15.2. The molecule has 7 nitrogen and oxygen atoms in total. The van der Waals surface area contributed by atoms with Gasteiger partial charge in [-0.3, -0.25) is 9.69 Å². The van der Waals surface area contributed by atoms with Crippen LogP contribution in [0.5, 0.6) is 23.0 Å². The summed E-state index contributed by atoms with van der Waals surface area (Å²) in [5.41, 5.74) is 5.32. The van der Waals surface area contributed by atoms with Crippen LogP contribution in [0.25, 0.3) is 11.1 Å². The van der Waals surface area contributed by atoms with E-state index in [1.54, 1.807) is 12.1 Å². The number of benzene rings is 3. The number of ether oxygens (including phenoxy) is 4. The lowest BCUT2D eigenvalue weighted by molar-refractivity contribution is -0.153. The fraction of sp³-hybridized carbons (Fsp3) is 0.400. The van der Waals surface area contributed by atoms with E-state index in [2.05, 4.69) is 30.0 Å². The maximum Gasteiger partial charge on any atom is 0.309 e. The van der Waals surface area contributed by atoms with E-state index in [0.29, 0.717) is 13.2 Å². The normalized spacial score (nSPS) is 17.8. The lowest BCUT2D eigenvalue weighted by Gasteiger charge is -2.30. The molecular weight excluding hydrogens is 530 g/mol. The molecule has 0 aromatic heterocycles. The molecule has 1 aliphatic carbocycles. The first-order chi connectivity index (χ1) is 20.6. The Morgan fingerprint density at radius 2 is 1.57 bits per heavy atom. The van der Waals surface area contributed by atoms with E-state index >= 15 is 0 Å². The van der Waals surface area contributed by atoms with Crippen LogP contribution in [0.4, 0.5) is 0 Å². The third-order valence-electron chi connectivity index (χ3n) is 8.22. The molecule has 1 N–H and O–H groups in total. The van der Waals surface area contributed by atoms with Gasteiger partial charge in [-0.1, -0.05) is 43.7 Å². The van der Waals surface area contributed by atoms with Crippen molar-refractivity contribution in [3.05, 3.63) is 83.4 Å². The van der Waals surface area contributed by atoms with Crippen LogP contribution >= 0.6 is 0 Å². The SMILES string of the molecule is CC/C(=C(\c1ccc(O)cc1)c1ccc(OCC(CN2CCCCC2)OC(=O)C2CC2)cc1)c1ccc2c(c1)OCO2. The molecule has 2 fully saturated rings. The van der Waals surface area contributed by atoms with Gasteiger partial charge >= 0.3 is 5.97 Å². The van der Waals surface area contributed by atoms with E-state index in [9.17, 15) is 9.90 Å². The number of likely N-dealkylation sites (tertiary alicyclic amines) is 1. The fourth-order valence-electron chi connectivity index (χ4n) is 5.79. The zero-order valence-electron chi connectivity index (χ0n) is 24.2. The number of phenolic OH excluding ortho intramolecular Hbond substituents is 1. The molecule has 0 spiro atoms. The van der Waals surface area contributed by atoms with Crippen LogP contribution in [0.15, 0.2) is 66.7 Å². The molecule has 1 unspecified atom stereocenters. The van der Waals surface area contributed by atoms with Crippen molar-refractivity contribution in [3.63, 3.8) is 0 Å². The fourth-order valence-corrected chi connectivity index (χ4v) is 5.79. The zero-order valence-corrected chi connectivity index (χ0v) is 24.2. The molecular formula is C35H39NO6. The van der Waals surface area contributed by atoms with E-state index in [1.807, 2.05) is 36.4 Å². The second kappa shape index (κ2) is 12.9. The first-order valence-corrected chi connectivity index (χ1v) is 15.2. The van der Waals surface area contributed by atoms with Gasteiger partial charge in [-0.2, -0.15) is 0 Å². The highest BCUT2D eigenvalue weighted by Gasteiger charge is 2.33. The molecule has 3 aromatic rings. The Bertz CT molecular complexity index is 1400. The summed E-state index contributed by atoms with van der Waals surface area (Å²) in [4.78, 5) is 14.9. The average molecular weight is 570 g/mol. The number of carbonyl (C=O) groups excluding carboxylic acids is 1. The molecule has 220 valence electrons. The molecule has 0 bridgehead atoms. The Hall–Kier alpha value is -3.97. The lowest BCUT2D eigenvalue weighted by Crippen LogP contribution is -2.41. The van der Waals surface area contributed by atoms with Gasteiger partial charge in [0.05, 0.1) is 5.92 Å². The third kappa shape index (κ3) is 6.73. The summed E-state index contributed by atoms with van der Waals surface area (Å²) in [6.07, 6.45) is 6.00. The standard InChI is InChI=1S/C35H39NO6/c1-2-31(27-12-17-32-33(20-27)41-23-40-32)34(24-8-13-28(37)14-9-24)25-10-15-29(16-11-25)39-22-30(42-35(38)26-6-7-26)21-36-18-4-3-5-19-36/h8-17,20,26,30,37H,2-7,18-19,21-23H2,1H3/b34-31-. The van der Waals surface area contributed by atoms with Crippen LogP contribution in [0.2, 0.25) is 0 Å². The number of hydrogen-bond acceptors (Lipinski definition) is 7. The van der Waals surface area contributed by atoms with Crippen molar-refractivity contribution in [2.24, 2.45) is 5.92 Å². The Morgan fingerprint density at radius 3 is 2.26 bits per heavy atom. The van der Waals surface area contributed by atoms with Crippen molar-refractivity contribution in [2.45, 2.75) is 51.6 Å². The molecule has 0 radical (unpaired) electrons. The molecule has 42 heavy (non-hydrogen) atoms. The number of piperidine rings is 1. The number of phenols is 1. The number of rotatable bonds is 11. The van der Waals surface area contributed by atoms with Gasteiger partial charge in [-0.05, 0) is 109 Å². The van der Waals surface area contributed by atoms with Crippen LogP contribution in [-0.2, 0) is 9.53 Å². The van der Waals surface area contributed by atoms with Gasteiger partial charge in [0.2, 0.25) is 6.79 Å². The van der Waals surface area contributed by atoms with Gasteiger partial charge in [0, 0.05) is 6.54 Å². The largest absolute Gasteiger partial charge is 0.508 e. The van der Waals surface area contributed by atoms with E-state index in [0.717, 1.165) is 77.4 Å². The molecule has 1 atom stereocenters. The number of hydrogen-bond donors (Lipinski definition) is 1. The van der Waals surface area contributed by atoms with Crippen molar-refractivity contribution in [2.75, 3.05) is 33.0 Å². The summed E-state index contributed by atoms with van der Waals surface area (Å²) in [6, 6.07) is 21.4. The van der Waals surface area contributed by atoms with Crippen molar-refractivity contribution < 1.29 is 28.8 Å². The molecule has 3 aromatic carbocycles. The maximum absolute atomic E-state index is 12.5. The maximum atomic E-state index is 12.5. The second-order valence-corrected chi connectivity index (χ2v) is 11.4. The molecule has 6 rings (SSSR count). The van der Waals surface area contributed by atoms with Crippen LogP contribution in [0.3, 0.4) is 0 Å². The van der Waals surface area contributed by atoms with Crippen LogP contribution < -0.4 is 14.2 Å². The summed E-state index contributed by atoms with van der Waals surface area (Å²) < 4.78 is 23.3. The minimum Gasteiger partial charge on any atom is -0.508 e. The zero-order chi connectivity index (χ0) is 28.9. The predicted molar refractivity (Wildman–Crippen MR) is 162 cm³/mol. The van der Waals surface area contributed by atoms with Crippen LogP contribution in [-0.4, -0.2) is 55.1 Å². The Labute approximate surface area is 247 Å². The van der Waals surface area contributed by atoms with Crippen molar-refractivity contribution >= 4 is 17.1 Å². The highest BCUT2D eigenvalue weighted by atomic mass is 16.7. The van der Waals surface area contributed by atoms with Gasteiger partial charge in [0.1, 0.15) is 24.2 Å². The Morgan fingerprint density at radius 1 is 0.905 bits per heavy atom. The highest BCUT2D eigenvalue weighted by Crippen LogP contribution is 2.40. The van der Waals surface area contributed by atoms with Gasteiger partial charge in [0.25, 0.3) is 0 Å². The van der Waals surface area contributed by atoms with E-state index < -0.39 is 0 Å². The summed E-state index contributed by atoms with van der Waals surface area (Å²) in [7, 11) is 0. The second-order valence-electron chi connectivity index (χ2n) is 11.4. The molecule has 0 amide bonds. The van der Waals surface area contributed by atoms with Crippen molar-refractivity contribution in [1.29, 1.82) is 0 Å². The van der Waals surface area contributed by atoms with Crippen LogP contribution in [0.1, 0.15) is 62.1 Å². The van der Waals surface area contributed by atoms with Gasteiger partial charge in [0.15, 0.2) is 11.5 Å². The average Bonchev–Trinajstić information content (AvgIpc) is 3.77. The van der Waals surface area contributed by atoms with Crippen molar-refractivity contribution in [1.82, 2.24) is 4.90 Å². The molecule has 1 saturated carbocycles. The van der Waals surface area contributed by atoms with Gasteiger partial charge < -0.3 is 24.1 Å². The summed E-state index contributed by atoms with van der Waals surface area (Å²) in [5, 5.41) is 9.96. The van der Waals surface area contributed by atoms with E-state index in [-0.39, 0.29) is 30.5 Å². The van der Waals surface area contributed by atoms with Gasteiger partial charge in [-0.15, -0.1) is 0 Å². The van der Waals surface area contributed by atoms with E-state index in [1.165, 1.54) is 19.3 Å². The topological polar surface area (TPSA) is 77.5 Å². The molecule has 3 aliphatic rings. The number of fused-ring (bicyclic) bond motifs is 1. The monoisotopic (exact) mass is 569 g/mol. The molecule has 2 heterocycles. The number of nitrogens with zero attached hydrogens (tertiary/aromatic N) is 1. The minimum absolute atomic E-state index is 0.0655. The number of aromatic hydroxyl groups is 1.